The predicted octanol–water partition coefficient (Wildman–Crippen LogP) is 2.39. The number of fused-ring (bicyclic) bond motifs is 2. The van der Waals surface area contributed by atoms with Crippen LogP contribution in [0.5, 0.6) is 0 Å². The van der Waals surface area contributed by atoms with Crippen LogP contribution in [0.15, 0.2) is 41.5 Å². The fraction of sp³-hybridized carbons (Fsp3) is 0.278. The maximum atomic E-state index is 12.1. The molecule has 0 radical (unpaired) electrons. The van der Waals surface area contributed by atoms with E-state index in [9.17, 15) is 9.59 Å². The number of hydrogen-bond donors (Lipinski definition) is 1. The molecule has 1 N–H and O–H groups in total. The number of nitrogens with one attached hydrogen (secondary N) is 1. The molecule has 0 bridgehead atoms. The van der Waals surface area contributed by atoms with Gasteiger partial charge in [0.2, 0.25) is 0 Å². The molecule has 2 heterocycles. The molecule has 0 saturated heterocycles. The van der Waals surface area contributed by atoms with Gasteiger partial charge in [0.1, 0.15) is 11.3 Å². The highest BCUT2D eigenvalue weighted by Crippen LogP contribution is 2.34. The molecule has 1 unspecified atom stereocenters. The number of pyridine rings is 1. The van der Waals surface area contributed by atoms with Crippen LogP contribution >= 0.6 is 0 Å². The van der Waals surface area contributed by atoms with Crippen molar-refractivity contribution in [3.63, 3.8) is 0 Å². The van der Waals surface area contributed by atoms with E-state index in [1.807, 2.05) is 16.7 Å². The third-order valence-electron chi connectivity index (χ3n) is 4.68. The van der Waals surface area contributed by atoms with Crippen LogP contribution in [0.4, 0.5) is 0 Å². The van der Waals surface area contributed by atoms with Gasteiger partial charge in [-0.2, -0.15) is 5.10 Å². The molecule has 0 saturated carbocycles. The first-order valence-electron chi connectivity index (χ1n) is 7.95. The van der Waals surface area contributed by atoms with Crippen molar-refractivity contribution >= 4 is 5.97 Å². The first-order valence-corrected chi connectivity index (χ1v) is 7.95. The topological polar surface area (TPSA) is 77.0 Å². The number of carbonyl (C=O) groups excluding carboxylic acids is 1. The van der Waals surface area contributed by atoms with E-state index in [0.717, 1.165) is 19.3 Å². The number of carbonyl (C=O) groups is 1. The summed E-state index contributed by atoms with van der Waals surface area (Å²) >= 11 is 0. The Kier molecular flexibility index (Phi) is 3.45. The molecule has 1 aromatic carbocycles. The normalized spacial score (nSPS) is 16.8. The monoisotopic (exact) mass is 323 g/mol. The fourth-order valence-electron chi connectivity index (χ4n) is 3.53. The third-order valence-corrected chi connectivity index (χ3v) is 4.68. The van der Waals surface area contributed by atoms with Crippen LogP contribution in [-0.4, -0.2) is 27.8 Å². The standard InChI is InChI=1S/C18H17N3O3/c1-24-18(23)14-10-21(9-13-16(14)19-20-17(13)22)15-8-4-6-11-5-2-3-7-12(11)15/h2-3,5,7,9-10,15H,4,6,8H2,1H3,(H,20,22). The fourth-order valence-corrected chi connectivity index (χ4v) is 3.53. The van der Waals surface area contributed by atoms with Crippen molar-refractivity contribution in [1.82, 2.24) is 14.8 Å². The molecule has 0 spiro atoms. The van der Waals surface area contributed by atoms with Crippen LogP contribution in [0.1, 0.15) is 40.4 Å². The molecule has 0 amide bonds. The number of aromatic nitrogens is 3. The lowest BCUT2D eigenvalue weighted by Gasteiger charge is -2.28. The average molecular weight is 323 g/mol. The van der Waals surface area contributed by atoms with Gasteiger partial charge >= 0.3 is 5.97 Å². The highest BCUT2D eigenvalue weighted by Gasteiger charge is 2.26. The van der Waals surface area contributed by atoms with Crippen LogP contribution in [-0.2, 0) is 11.2 Å². The van der Waals surface area contributed by atoms with Crippen LogP contribution in [0.2, 0.25) is 0 Å². The minimum absolute atomic E-state index is 0.0945. The Morgan fingerprint density at radius 2 is 2.17 bits per heavy atom. The van der Waals surface area contributed by atoms with Gasteiger partial charge in [0, 0.05) is 12.4 Å². The maximum absolute atomic E-state index is 12.1. The zero-order chi connectivity index (χ0) is 16.7. The Morgan fingerprint density at radius 1 is 1.33 bits per heavy atom. The van der Waals surface area contributed by atoms with Crippen LogP contribution < -0.4 is 5.56 Å². The first kappa shape index (κ1) is 14.7. The number of H-pyrrole nitrogens is 1. The lowest BCUT2D eigenvalue weighted by Crippen LogP contribution is -2.20. The zero-order valence-electron chi connectivity index (χ0n) is 13.3. The predicted molar refractivity (Wildman–Crippen MR) is 88.3 cm³/mol. The number of methoxy groups -OCH3 is 1. The van der Waals surface area contributed by atoms with E-state index in [1.165, 1.54) is 18.2 Å². The summed E-state index contributed by atoms with van der Waals surface area (Å²) in [5.74, 6) is -0.495. The van der Waals surface area contributed by atoms with Gasteiger partial charge in [-0.05, 0) is 30.4 Å². The smallest absolute Gasteiger partial charge is 0.341 e. The Hall–Kier alpha value is -2.89. The van der Waals surface area contributed by atoms with Gasteiger partial charge in [-0.1, -0.05) is 24.3 Å². The van der Waals surface area contributed by atoms with E-state index >= 15 is 0 Å². The molecule has 6 nitrogen and oxygen atoms in total. The van der Waals surface area contributed by atoms with E-state index in [2.05, 4.69) is 22.3 Å². The lowest BCUT2D eigenvalue weighted by molar-refractivity contribution is 0.0600. The number of benzene rings is 1. The molecule has 6 heteroatoms. The average Bonchev–Trinajstić information content (AvgIpc) is 3.01. The summed E-state index contributed by atoms with van der Waals surface area (Å²) in [5, 5.41) is 6.38. The number of aryl methyl sites for hydroxylation is 1. The number of ether oxygens (including phenoxy) is 1. The summed E-state index contributed by atoms with van der Waals surface area (Å²) in [4.78, 5) is 24.2. The maximum Gasteiger partial charge on any atom is 0.341 e. The number of hydrogen-bond acceptors (Lipinski definition) is 4. The van der Waals surface area contributed by atoms with Gasteiger partial charge in [0.05, 0.1) is 18.7 Å². The first-order chi connectivity index (χ1) is 11.7. The van der Waals surface area contributed by atoms with E-state index in [-0.39, 0.29) is 11.6 Å². The molecule has 4 rings (SSSR count). The van der Waals surface area contributed by atoms with Gasteiger partial charge in [-0.25, -0.2) is 9.89 Å². The number of rotatable bonds is 2. The lowest BCUT2D eigenvalue weighted by atomic mass is 9.87. The Bertz CT molecular complexity index is 941. The molecular weight excluding hydrogens is 306 g/mol. The van der Waals surface area contributed by atoms with Gasteiger partial charge in [-0.3, -0.25) is 4.79 Å². The van der Waals surface area contributed by atoms with Gasteiger partial charge in [0.25, 0.3) is 5.56 Å². The zero-order valence-corrected chi connectivity index (χ0v) is 13.3. The summed E-state index contributed by atoms with van der Waals surface area (Å²) in [7, 11) is 1.33. The highest BCUT2D eigenvalue weighted by molar-refractivity contribution is 5.95. The van der Waals surface area contributed by atoms with Gasteiger partial charge < -0.3 is 9.30 Å². The van der Waals surface area contributed by atoms with Crippen molar-refractivity contribution < 1.29 is 9.53 Å². The van der Waals surface area contributed by atoms with E-state index < -0.39 is 5.97 Å². The molecule has 1 atom stereocenters. The quantitative estimate of drug-likeness (QED) is 0.735. The molecule has 0 aromatic heterocycles. The largest absolute Gasteiger partial charge is 0.465 e. The van der Waals surface area contributed by atoms with Gasteiger partial charge in [-0.15, -0.1) is 0 Å². The van der Waals surface area contributed by atoms with Crippen molar-refractivity contribution in [2.24, 2.45) is 0 Å². The molecule has 122 valence electrons. The van der Waals surface area contributed by atoms with E-state index in [4.69, 9.17) is 4.74 Å². The Balaban J connectivity index is 1.92. The summed E-state index contributed by atoms with van der Waals surface area (Å²) in [6.45, 7) is 0. The SMILES string of the molecule is COC(=O)c1cn(C2CCCc3ccccc32)cc2c(=O)[nH]nc1-2. The third kappa shape index (κ3) is 2.22. The second kappa shape index (κ2) is 5.63. The summed E-state index contributed by atoms with van der Waals surface area (Å²) in [6.07, 6.45) is 6.59. The summed E-state index contributed by atoms with van der Waals surface area (Å²) in [6, 6.07) is 8.41. The molecule has 0 fully saturated rings. The van der Waals surface area contributed by atoms with Crippen molar-refractivity contribution in [3.05, 3.63) is 63.7 Å². The second-order valence-electron chi connectivity index (χ2n) is 6.03. The Morgan fingerprint density at radius 3 is 3.00 bits per heavy atom. The summed E-state index contributed by atoms with van der Waals surface area (Å²) in [5.41, 5.74) is 3.31. The van der Waals surface area contributed by atoms with Crippen LogP contribution in [0, 0.1) is 0 Å². The van der Waals surface area contributed by atoms with Crippen LogP contribution in [0.25, 0.3) is 11.3 Å². The molecule has 2 aliphatic heterocycles. The Labute approximate surface area is 138 Å². The van der Waals surface area contributed by atoms with Crippen molar-refractivity contribution in [2.75, 3.05) is 7.11 Å². The molecule has 24 heavy (non-hydrogen) atoms. The number of nitrogens with zero attached hydrogens (tertiary/aromatic N) is 2. The molecular formula is C18H17N3O3. The molecule has 1 aliphatic carbocycles. The molecule has 1 aromatic rings. The van der Waals surface area contributed by atoms with Crippen molar-refractivity contribution in [1.29, 1.82) is 0 Å². The van der Waals surface area contributed by atoms with E-state index in [1.54, 1.807) is 12.4 Å². The van der Waals surface area contributed by atoms with Crippen molar-refractivity contribution in [3.8, 4) is 11.3 Å². The summed E-state index contributed by atoms with van der Waals surface area (Å²) < 4.78 is 6.81. The second-order valence-corrected chi connectivity index (χ2v) is 6.03. The van der Waals surface area contributed by atoms with Gasteiger partial charge in [0.15, 0.2) is 0 Å². The minimum Gasteiger partial charge on any atom is -0.465 e. The number of aromatic amines is 1. The molecule has 3 aliphatic rings. The van der Waals surface area contributed by atoms with E-state index in [0.29, 0.717) is 16.8 Å². The van der Waals surface area contributed by atoms with Crippen molar-refractivity contribution in [2.45, 2.75) is 25.3 Å². The van der Waals surface area contributed by atoms with Crippen LogP contribution in [0.3, 0.4) is 0 Å². The minimum atomic E-state index is -0.495. The number of esters is 1. The highest BCUT2D eigenvalue weighted by atomic mass is 16.5.